The molecule has 6 heteroatoms. The molecule has 0 fully saturated rings. The maximum Gasteiger partial charge on any atom is 0.180 e. The summed E-state index contributed by atoms with van der Waals surface area (Å²) in [5.41, 5.74) is 6.71. The zero-order valence-corrected chi connectivity index (χ0v) is 11.9. The molecule has 0 saturated heterocycles. The van der Waals surface area contributed by atoms with E-state index >= 15 is 0 Å². The fourth-order valence-electron chi connectivity index (χ4n) is 1.62. The van der Waals surface area contributed by atoms with Crippen LogP contribution in [0.15, 0.2) is 30.6 Å². The van der Waals surface area contributed by atoms with E-state index in [1.165, 1.54) is 4.88 Å². The van der Waals surface area contributed by atoms with Crippen LogP contribution in [-0.2, 0) is 13.1 Å². The topological polar surface area (TPSA) is 55.0 Å². The molecule has 2 heterocycles. The number of pyridine rings is 1. The molecular weight excluding hydrogens is 268 g/mol. The highest BCUT2D eigenvalue weighted by molar-refractivity contribution is 7.15. The molecule has 0 aromatic carbocycles. The van der Waals surface area contributed by atoms with Crippen molar-refractivity contribution in [3.05, 3.63) is 41.2 Å². The summed E-state index contributed by atoms with van der Waals surface area (Å²) in [6, 6.07) is 5.99. The number of nitrogens with zero attached hydrogens (tertiary/aromatic N) is 3. The first-order valence-corrected chi connectivity index (χ1v) is 6.42. The number of hydrogen-bond donors (Lipinski definition) is 1. The Morgan fingerprint density at radius 2 is 2.11 bits per heavy atom. The normalized spacial score (nSPS) is 10.3. The van der Waals surface area contributed by atoms with Crippen molar-refractivity contribution in [3.8, 4) is 0 Å². The van der Waals surface area contributed by atoms with Gasteiger partial charge < -0.3 is 5.73 Å². The summed E-state index contributed by atoms with van der Waals surface area (Å²) in [6.45, 7) is 4.86. The highest BCUT2D eigenvalue weighted by Crippen LogP contribution is 2.17. The Kier molecular flexibility index (Phi) is 6.04. The molecule has 0 aliphatic rings. The van der Waals surface area contributed by atoms with E-state index in [0.29, 0.717) is 5.13 Å². The molecule has 2 N–H and O–H groups in total. The van der Waals surface area contributed by atoms with Gasteiger partial charge in [-0.1, -0.05) is 13.0 Å². The molecule has 0 radical (unpaired) electrons. The molecule has 18 heavy (non-hydrogen) atoms. The van der Waals surface area contributed by atoms with Crippen molar-refractivity contribution >= 4 is 28.9 Å². The summed E-state index contributed by atoms with van der Waals surface area (Å²) in [5.74, 6) is 0. The van der Waals surface area contributed by atoms with Gasteiger partial charge >= 0.3 is 0 Å². The third-order valence-electron chi connectivity index (χ3n) is 2.51. The lowest BCUT2D eigenvalue weighted by molar-refractivity contribution is 0.270. The lowest BCUT2D eigenvalue weighted by atomic mass is 10.3. The van der Waals surface area contributed by atoms with Crippen molar-refractivity contribution in [2.45, 2.75) is 20.0 Å². The van der Waals surface area contributed by atoms with Crippen molar-refractivity contribution in [1.29, 1.82) is 0 Å². The van der Waals surface area contributed by atoms with Gasteiger partial charge in [0.2, 0.25) is 0 Å². The van der Waals surface area contributed by atoms with Crippen LogP contribution < -0.4 is 5.73 Å². The largest absolute Gasteiger partial charge is 0.375 e. The average molecular weight is 285 g/mol. The van der Waals surface area contributed by atoms with E-state index in [0.717, 1.165) is 25.3 Å². The fourth-order valence-corrected chi connectivity index (χ4v) is 2.34. The molecular formula is C12H17ClN4S. The summed E-state index contributed by atoms with van der Waals surface area (Å²) in [4.78, 5) is 11.9. The third kappa shape index (κ3) is 4.25. The minimum Gasteiger partial charge on any atom is -0.375 e. The minimum absolute atomic E-state index is 0. The van der Waals surface area contributed by atoms with Crippen molar-refractivity contribution in [2.75, 3.05) is 12.3 Å². The van der Waals surface area contributed by atoms with Gasteiger partial charge in [0, 0.05) is 30.4 Å². The summed E-state index contributed by atoms with van der Waals surface area (Å²) in [6.07, 6.45) is 3.68. The smallest absolute Gasteiger partial charge is 0.180 e. The highest BCUT2D eigenvalue weighted by atomic mass is 35.5. The molecule has 0 aliphatic carbocycles. The van der Waals surface area contributed by atoms with Crippen LogP contribution in [0.25, 0.3) is 0 Å². The number of thiazole rings is 1. The van der Waals surface area contributed by atoms with Crippen molar-refractivity contribution < 1.29 is 0 Å². The van der Waals surface area contributed by atoms with Gasteiger partial charge in [-0.25, -0.2) is 4.98 Å². The van der Waals surface area contributed by atoms with E-state index in [9.17, 15) is 0 Å². The molecule has 4 nitrogen and oxygen atoms in total. The lowest BCUT2D eigenvalue weighted by Gasteiger charge is -2.18. The van der Waals surface area contributed by atoms with Crippen LogP contribution >= 0.6 is 23.7 Å². The minimum atomic E-state index is 0. The second kappa shape index (κ2) is 7.31. The molecule has 2 rings (SSSR count). The number of aromatic nitrogens is 2. The summed E-state index contributed by atoms with van der Waals surface area (Å²) in [5, 5.41) is 0.633. The maximum atomic E-state index is 5.62. The number of rotatable bonds is 5. The molecule has 0 spiro atoms. The lowest BCUT2D eigenvalue weighted by Crippen LogP contribution is -2.22. The fraction of sp³-hybridized carbons (Fsp3) is 0.333. The number of nitrogens with two attached hydrogens (primary N) is 1. The third-order valence-corrected chi connectivity index (χ3v) is 3.32. The molecule has 2 aromatic rings. The predicted molar refractivity (Wildman–Crippen MR) is 77.8 cm³/mol. The van der Waals surface area contributed by atoms with E-state index < -0.39 is 0 Å². The molecule has 0 bridgehead atoms. The molecule has 2 aromatic heterocycles. The summed E-state index contributed by atoms with van der Waals surface area (Å²) in [7, 11) is 0. The van der Waals surface area contributed by atoms with Crippen LogP contribution in [0, 0.1) is 0 Å². The standard InChI is InChI=1S/C12H16N4S.ClH/c1-2-16(8-10-5-3-4-6-14-10)9-11-7-15-12(13)17-11;/h3-7H,2,8-9H2,1H3,(H2,13,15);1H. The van der Waals surface area contributed by atoms with Gasteiger partial charge in [0.1, 0.15) is 0 Å². The van der Waals surface area contributed by atoms with Gasteiger partial charge in [-0.3, -0.25) is 9.88 Å². The van der Waals surface area contributed by atoms with Crippen LogP contribution in [0.1, 0.15) is 17.5 Å². The van der Waals surface area contributed by atoms with Gasteiger partial charge in [-0.2, -0.15) is 0 Å². The van der Waals surface area contributed by atoms with Crippen molar-refractivity contribution in [1.82, 2.24) is 14.9 Å². The average Bonchev–Trinajstić information content (AvgIpc) is 2.75. The Morgan fingerprint density at radius 1 is 1.28 bits per heavy atom. The molecule has 0 amide bonds. The molecule has 0 aliphatic heterocycles. The first-order chi connectivity index (χ1) is 8.28. The Labute approximate surface area is 117 Å². The first-order valence-electron chi connectivity index (χ1n) is 5.60. The highest BCUT2D eigenvalue weighted by Gasteiger charge is 2.07. The Hall–Kier alpha value is -1.17. The van der Waals surface area contributed by atoms with Crippen LogP contribution in [0.5, 0.6) is 0 Å². The SMILES string of the molecule is CCN(Cc1ccccn1)Cc1cnc(N)s1.Cl. The zero-order chi connectivity index (χ0) is 12.1. The van der Waals surface area contributed by atoms with Gasteiger partial charge in [0.05, 0.1) is 5.69 Å². The van der Waals surface area contributed by atoms with E-state index in [4.69, 9.17) is 5.73 Å². The van der Waals surface area contributed by atoms with Gasteiger partial charge in [0.15, 0.2) is 5.13 Å². The number of halogens is 1. The molecule has 0 atom stereocenters. The zero-order valence-electron chi connectivity index (χ0n) is 10.2. The number of hydrogen-bond acceptors (Lipinski definition) is 5. The van der Waals surface area contributed by atoms with Crippen molar-refractivity contribution in [2.24, 2.45) is 0 Å². The molecule has 0 unspecified atom stereocenters. The maximum absolute atomic E-state index is 5.62. The molecule has 0 saturated carbocycles. The first kappa shape index (κ1) is 14.9. The van der Waals surface area contributed by atoms with E-state index in [2.05, 4.69) is 21.8 Å². The molecule has 98 valence electrons. The Morgan fingerprint density at radius 3 is 2.67 bits per heavy atom. The van der Waals surface area contributed by atoms with Gasteiger partial charge in [-0.15, -0.1) is 23.7 Å². The van der Waals surface area contributed by atoms with E-state index in [1.807, 2.05) is 30.6 Å². The van der Waals surface area contributed by atoms with E-state index in [-0.39, 0.29) is 12.4 Å². The van der Waals surface area contributed by atoms with Gasteiger partial charge in [-0.05, 0) is 18.7 Å². The van der Waals surface area contributed by atoms with Crippen molar-refractivity contribution in [3.63, 3.8) is 0 Å². The Balaban J connectivity index is 0.00000162. The van der Waals surface area contributed by atoms with Crippen LogP contribution in [0.4, 0.5) is 5.13 Å². The summed E-state index contributed by atoms with van der Waals surface area (Å²) < 4.78 is 0. The number of nitrogen functional groups attached to an aromatic ring is 1. The predicted octanol–water partition coefficient (Wildman–Crippen LogP) is 2.56. The monoisotopic (exact) mass is 284 g/mol. The van der Waals surface area contributed by atoms with Gasteiger partial charge in [0.25, 0.3) is 0 Å². The van der Waals surface area contributed by atoms with Crippen LogP contribution in [0.3, 0.4) is 0 Å². The second-order valence-corrected chi connectivity index (χ2v) is 4.94. The van der Waals surface area contributed by atoms with E-state index in [1.54, 1.807) is 11.3 Å². The Bertz CT molecular complexity index is 460. The van der Waals surface area contributed by atoms with Crippen LogP contribution in [-0.4, -0.2) is 21.4 Å². The number of anilines is 1. The quantitative estimate of drug-likeness (QED) is 0.917. The van der Waals surface area contributed by atoms with Crippen LogP contribution in [0.2, 0.25) is 0 Å². The second-order valence-electron chi connectivity index (χ2n) is 3.79. The summed E-state index contributed by atoms with van der Waals surface area (Å²) >= 11 is 1.55.